The second kappa shape index (κ2) is 5.63. The van der Waals surface area contributed by atoms with Crippen molar-refractivity contribution in [2.75, 3.05) is 0 Å². The van der Waals surface area contributed by atoms with E-state index in [1.165, 1.54) is 4.90 Å². The van der Waals surface area contributed by atoms with Crippen LogP contribution >= 0.6 is 0 Å². The summed E-state index contributed by atoms with van der Waals surface area (Å²) in [7, 11) is 0. The van der Waals surface area contributed by atoms with E-state index in [1.807, 2.05) is 6.07 Å². The van der Waals surface area contributed by atoms with E-state index < -0.39 is 17.5 Å². The smallest absolute Gasteiger partial charge is 0.312 e. The Morgan fingerprint density at radius 3 is 2.79 bits per heavy atom. The highest BCUT2D eigenvalue weighted by atomic mass is 16.2. The van der Waals surface area contributed by atoms with E-state index in [0.717, 1.165) is 11.1 Å². The van der Waals surface area contributed by atoms with Crippen LogP contribution in [0, 0.1) is 0 Å². The third kappa shape index (κ3) is 2.60. The largest absolute Gasteiger partial charge is 0.352 e. The maximum Gasteiger partial charge on any atom is 0.312 e. The van der Waals surface area contributed by atoms with Crippen molar-refractivity contribution < 1.29 is 19.2 Å². The van der Waals surface area contributed by atoms with Gasteiger partial charge in [0.05, 0.1) is 0 Å². The highest BCUT2D eigenvalue weighted by Gasteiger charge is 2.48. The van der Waals surface area contributed by atoms with E-state index in [4.69, 9.17) is 5.73 Å². The SMILES string of the molecule is CC1(N2Cc3cc(CNC(N)=O)ccc3C2=O)CCC(=O)NC1=O. The number of carbonyl (C=O) groups excluding carboxylic acids is 4. The Labute approximate surface area is 138 Å². The van der Waals surface area contributed by atoms with Gasteiger partial charge in [0.1, 0.15) is 5.54 Å². The van der Waals surface area contributed by atoms with Crippen molar-refractivity contribution in [2.45, 2.75) is 38.4 Å². The van der Waals surface area contributed by atoms with Gasteiger partial charge in [0.25, 0.3) is 11.8 Å². The Balaban J connectivity index is 1.84. The van der Waals surface area contributed by atoms with Crippen LogP contribution in [0.25, 0.3) is 0 Å². The van der Waals surface area contributed by atoms with E-state index in [0.29, 0.717) is 12.0 Å². The second-order valence-electron chi connectivity index (χ2n) is 6.25. The van der Waals surface area contributed by atoms with Gasteiger partial charge in [0.15, 0.2) is 0 Å². The molecule has 1 atom stereocenters. The van der Waals surface area contributed by atoms with Gasteiger partial charge in [0.2, 0.25) is 5.91 Å². The van der Waals surface area contributed by atoms with Crippen molar-refractivity contribution >= 4 is 23.8 Å². The molecule has 5 amide bonds. The topological polar surface area (TPSA) is 122 Å². The van der Waals surface area contributed by atoms with Crippen LogP contribution in [0.15, 0.2) is 18.2 Å². The molecule has 1 saturated heterocycles. The van der Waals surface area contributed by atoms with Crippen LogP contribution in [-0.2, 0) is 22.7 Å². The first-order chi connectivity index (χ1) is 11.3. The van der Waals surface area contributed by atoms with Crippen LogP contribution in [0.3, 0.4) is 0 Å². The molecule has 1 fully saturated rings. The first-order valence-electron chi connectivity index (χ1n) is 7.62. The first kappa shape index (κ1) is 16.0. The molecule has 0 saturated carbocycles. The van der Waals surface area contributed by atoms with E-state index >= 15 is 0 Å². The number of nitrogens with zero attached hydrogens (tertiary/aromatic N) is 1. The summed E-state index contributed by atoms with van der Waals surface area (Å²) >= 11 is 0. The third-order valence-corrected chi connectivity index (χ3v) is 4.62. The zero-order valence-electron chi connectivity index (χ0n) is 13.2. The maximum atomic E-state index is 12.7. The van der Waals surface area contributed by atoms with Crippen LogP contribution in [0.1, 0.15) is 41.3 Å². The number of rotatable bonds is 3. The number of imide groups is 1. The lowest BCUT2D eigenvalue weighted by Crippen LogP contribution is -2.61. The standard InChI is InChI=1S/C16H18N4O4/c1-16(5-4-12(21)19-14(16)23)20-8-10-6-9(7-18-15(17)24)2-3-11(10)13(20)22/h2-3,6H,4-5,7-8H2,1H3,(H3,17,18,24)(H,19,21,23). The van der Waals surface area contributed by atoms with Gasteiger partial charge in [-0.05, 0) is 30.5 Å². The van der Waals surface area contributed by atoms with Gasteiger partial charge in [-0.15, -0.1) is 0 Å². The summed E-state index contributed by atoms with van der Waals surface area (Å²) in [5, 5.41) is 4.80. The van der Waals surface area contributed by atoms with Gasteiger partial charge >= 0.3 is 6.03 Å². The molecule has 1 aromatic rings. The molecule has 1 unspecified atom stereocenters. The van der Waals surface area contributed by atoms with Crippen molar-refractivity contribution in [1.29, 1.82) is 0 Å². The number of piperidine rings is 1. The Morgan fingerprint density at radius 1 is 1.38 bits per heavy atom. The molecule has 126 valence electrons. The number of amides is 5. The lowest BCUT2D eigenvalue weighted by molar-refractivity contribution is -0.142. The minimum absolute atomic E-state index is 0.205. The summed E-state index contributed by atoms with van der Waals surface area (Å²) in [6, 6.07) is 4.62. The van der Waals surface area contributed by atoms with Gasteiger partial charge in [-0.3, -0.25) is 19.7 Å². The Kier molecular flexibility index (Phi) is 3.75. The quantitative estimate of drug-likeness (QED) is 0.676. The summed E-state index contributed by atoms with van der Waals surface area (Å²) in [5.41, 5.74) is 6.14. The Morgan fingerprint density at radius 2 is 2.12 bits per heavy atom. The number of hydrogen-bond acceptors (Lipinski definition) is 4. The summed E-state index contributed by atoms with van der Waals surface area (Å²) in [6.07, 6.45) is 0.504. The molecule has 0 bridgehead atoms. The first-order valence-corrected chi connectivity index (χ1v) is 7.62. The van der Waals surface area contributed by atoms with Crippen molar-refractivity contribution in [2.24, 2.45) is 5.73 Å². The number of primary amides is 1. The molecule has 4 N–H and O–H groups in total. The number of urea groups is 1. The van der Waals surface area contributed by atoms with Crippen LogP contribution in [0.4, 0.5) is 4.79 Å². The summed E-state index contributed by atoms with van der Waals surface area (Å²) in [6.45, 7) is 2.23. The van der Waals surface area contributed by atoms with Gasteiger partial charge in [0, 0.05) is 25.1 Å². The molecule has 24 heavy (non-hydrogen) atoms. The number of benzene rings is 1. The molecule has 0 aromatic heterocycles. The fraction of sp³-hybridized carbons (Fsp3) is 0.375. The molecule has 3 rings (SSSR count). The molecule has 8 heteroatoms. The van der Waals surface area contributed by atoms with Crippen molar-refractivity contribution in [3.05, 3.63) is 34.9 Å². The Hall–Kier alpha value is -2.90. The summed E-state index contributed by atoms with van der Waals surface area (Å²) in [5.74, 6) is -0.997. The minimum atomic E-state index is -1.05. The number of nitrogens with one attached hydrogen (secondary N) is 2. The van der Waals surface area contributed by atoms with Gasteiger partial charge in [-0.2, -0.15) is 0 Å². The predicted molar refractivity (Wildman–Crippen MR) is 83.5 cm³/mol. The fourth-order valence-corrected chi connectivity index (χ4v) is 3.12. The third-order valence-electron chi connectivity index (χ3n) is 4.62. The zero-order chi connectivity index (χ0) is 17.5. The average molecular weight is 330 g/mol. The fourth-order valence-electron chi connectivity index (χ4n) is 3.12. The van der Waals surface area contributed by atoms with Crippen LogP contribution in [0.5, 0.6) is 0 Å². The second-order valence-corrected chi connectivity index (χ2v) is 6.25. The molecule has 2 aliphatic rings. The molecule has 0 spiro atoms. The van der Waals surface area contributed by atoms with Crippen molar-refractivity contribution in [3.8, 4) is 0 Å². The molecule has 0 radical (unpaired) electrons. The number of carbonyl (C=O) groups is 4. The zero-order valence-corrected chi connectivity index (χ0v) is 13.2. The number of hydrogen-bond donors (Lipinski definition) is 3. The van der Waals surface area contributed by atoms with E-state index in [2.05, 4.69) is 10.6 Å². The number of nitrogens with two attached hydrogens (primary N) is 1. The molecule has 2 aliphatic heterocycles. The summed E-state index contributed by atoms with van der Waals surface area (Å²) < 4.78 is 0. The lowest BCUT2D eigenvalue weighted by atomic mass is 9.89. The maximum absolute atomic E-state index is 12.7. The summed E-state index contributed by atoms with van der Waals surface area (Å²) in [4.78, 5) is 48.6. The van der Waals surface area contributed by atoms with E-state index in [9.17, 15) is 19.2 Å². The van der Waals surface area contributed by atoms with Crippen molar-refractivity contribution in [1.82, 2.24) is 15.5 Å². The van der Waals surface area contributed by atoms with Crippen LogP contribution in [-0.4, -0.2) is 34.2 Å². The normalized spacial score (nSPS) is 23.0. The molecule has 2 heterocycles. The lowest BCUT2D eigenvalue weighted by Gasteiger charge is -2.39. The van der Waals surface area contributed by atoms with Gasteiger partial charge in [-0.1, -0.05) is 12.1 Å². The molecule has 1 aromatic carbocycles. The van der Waals surface area contributed by atoms with Gasteiger partial charge in [-0.25, -0.2) is 4.79 Å². The molecule has 8 nitrogen and oxygen atoms in total. The Bertz CT molecular complexity index is 760. The van der Waals surface area contributed by atoms with Crippen LogP contribution in [0.2, 0.25) is 0 Å². The highest BCUT2D eigenvalue weighted by Crippen LogP contribution is 2.34. The minimum Gasteiger partial charge on any atom is -0.352 e. The predicted octanol–water partition coefficient (Wildman–Crippen LogP) is 0.00600. The van der Waals surface area contributed by atoms with E-state index in [-0.39, 0.29) is 31.3 Å². The highest BCUT2D eigenvalue weighted by molar-refractivity contribution is 6.07. The monoisotopic (exact) mass is 330 g/mol. The van der Waals surface area contributed by atoms with E-state index in [1.54, 1.807) is 19.1 Å². The molecule has 0 aliphatic carbocycles. The van der Waals surface area contributed by atoms with Gasteiger partial charge < -0.3 is 16.0 Å². The van der Waals surface area contributed by atoms with Crippen molar-refractivity contribution in [3.63, 3.8) is 0 Å². The number of fused-ring (bicyclic) bond motifs is 1. The molecular formula is C16H18N4O4. The van der Waals surface area contributed by atoms with Crippen LogP contribution < -0.4 is 16.4 Å². The average Bonchev–Trinajstić information content (AvgIpc) is 2.86. The molecular weight excluding hydrogens is 312 g/mol.